The minimum absolute atomic E-state index is 0.150. The molecule has 7 heteroatoms. The van der Waals surface area contributed by atoms with Gasteiger partial charge in [-0.15, -0.1) is 0 Å². The number of benzene rings is 3. The smallest absolute Gasteiger partial charge is 0.229 e. The maximum absolute atomic E-state index is 14.6. The van der Waals surface area contributed by atoms with Gasteiger partial charge in [0.1, 0.15) is 17.3 Å². The second-order valence-corrected chi connectivity index (χ2v) is 7.59. The summed E-state index contributed by atoms with van der Waals surface area (Å²) in [6.07, 6.45) is 0. The normalized spacial score (nSPS) is 10.7. The van der Waals surface area contributed by atoms with Gasteiger partial charge in [-0.25, -0.2) is 13.2 Å². The molecule has 0 aliphatic carbocycles. The number of carbonyl (C=O) groups excluding carboxylic acids is 1. The highest BCUT2D eigenvalue weighted by Gasteiger charge is 2.16. The maximum Gasteiger partial charge on any atom is 0.229 e. The first kappa shape index (κ1) is 21.2. The molecule has 150 valence electrons. The van der Waals surface area contributed by atoms with Gasteiger partial charge in [0.2, 0.25) is 3.79 Å². The Hall–Kier alpha value is -2.55. The van der Waals surface area contributed by atoms with Crippen LogP contribution in [0.25, 0.3) is 11.1 Å². The van der Waals surface area contributed by atoms with Crippen molar-refractivity contribution in [1.82, 2.24) is 0 Å². The lowest BCUT2D eigenvalue weighted by Crippen LogP contribution is -2.09. The highest BCUT2D eigenvalue weighted by atomic mass is 127. The minimum atomic E-state index is -0.901. The van der Waals surface area contributed by atoms with Crippen LogP contribution in [0.15, 0.2) is 54.6 Å². The van der Waals surface area contributed by atoms with Crippen molar-refractivity contribution >= 4 is 32.1 Å². The summed E-state index contributed by atoms with van der Waals surface area (Å²) < 4.78 is 47.0. The van der Waals surface area contributed by atoms with Crippen LogP contribution in [-0.2, 0) is 11.3 Å². The van der Waals surface area contributed by atoms with E-state index in [4.69, 9.17) is 4.74 Å². The molecule has 0 aliphatic rings. The third kappa shape index (κ3) is 5.29. The molecular formula is C22H17F3INO2. The number of carbonyl (C=O) groups is 1. The Morgan fingerprint density at radius 2 is 1.79 bits per heavy atom. The molecule has 0 heterocycles. The van der Waals surface area contributed by atoms with Crippen molar-refractivity contribution in [3.63, 3.8) is 0 Å². The van der Waals surface area contributed by atoms with E-state index < -0.39 is 11.6 Å². The molecule has 3 aromatic carbocycles. The highest BCUT2D eigenvalue weighted by Crippen LogP contribution is 2.29. The van der Waals surface area contributed by atoms with Gasteiger partial charge in [-0.1, -0.05) is 24.3 Å². The van der Waals surface area contributed by atoms with Crippen molar-refractivity contribution in [3.05, 3.63) is 83.2 Å². The van der Waals surface area contributed by atoms with Crippen LogP contribution in [0.4, 0.5) is 18.9 Å². The molecule has 0 atom stereocenters. The monoisotopic (exact) mass is 511 g/mol. The van der Waals surface area contributed by atoms with E-state index >= 15 is 0 Å². The van der Waals surface area contributed by atoms with E-state index in [-0.39, 0.29) is 34.2 Å². The number of halogens is 4. The van der Waals surface area contributed by atoms with E-state index in [0.717, 1.165) is 28.8 Å². The van der Waals surface area contributed by atoms with E-state index in [2.05, 4.69) is 5.32 Å². The van der Waals surface area contributed by atoms with E-state index in [9.17, 15) is 18.0 Å². The van der Waals surface area contributed by atoms with Crippen LogP contribution in [0.3, 0.4) is 0 Å². The molecule has 1 N–H and O–H groups in total. The molecule has 0 saturated carbocycles. The average molecular weight is 511 g/mol. The lowest BCUT2D eigenvalue weighted by Gasteiger charge is -2.14. The van der Waals surface area contributed by atoms with Gasteiger partial charge in [-0.05, 0) is 59.5 Å². The van der Waals surface area contributed by atoms with Crippen molar-refractivity contribution in [2.75, 3.05) is 11.9 Å². The summed E-state index contributed by atoms with van der Waals surface area (Å²) in [5.41, 5.74) is 2.90. The zero-order chi connectivity index (χ0) is 21.0. The molecule has 0 amide bonds. The Morgan fingerprint density at radius 1 is 1.03 bits per heavy atom. The Balaban J connectivity index is 1.83. The Labute approximate surface area is 180 Å². The summed E-state index contributed by atoms with van der Waals surface area (Å²) >= 11 is 1.53. The van der Waals surface area contributed by atoms with Gasteiger partial charge in [0.15, 0.2) is 18.2 Å². The topological polar surface area (TPSA) is 38.3 Å². The molecule has 0 bridgehead atoms. The molecule has 0 aliphatic heterocycles. The van der Waals surface area contributed by atoms with Crippen LogP contribution in [0.1, 0.15) is 11.1 Å². The van der Waals surface area contributed by atoms with Gasteiger partial charge in [-0.2, -0.15) is 0 Å². The van der Waals surface area contributed by atoms with E-state index in [1.54, 1.807) is 12.1 Å². The fourth-order valence-electron chi connectivity index (χ4n) is 2.83. The van der Waals surface area contributed by atoms with Crippen LogP contribution >= 0.6 is 22.6 Å². The average Bonchev–Trinajstić information content (AvgIpc) is 2.68. The first-order valence-corrected chi connectivity index (χ1v) is 9.81. The van der Waals surface area contributed by atoms with E-state index in [1.165, 1.54) is 34.7 Å². The first-order valence-electron chi connectivity index (χ1n) is 8.73. The van der Waals surface area contributed by atoms with Crippen LogP contribution in [0, 0.1) is 24.4 Å². The molecule has 3 nitrogen and oxygen atoms in total. The number of ether oxygens (including phenoxy) is 1. The zero-order valence-electron chi connectivity index (χ0n) is 15.4. The minimum Gasteiger partial charge on any atom is -0.482 e. The molecule has 0 radical (unpaired) electrons. The van der Waals surface area contributed by atoms with Crippen LogP contribution in [0.5, 0.6) is 5.75 Å². The molecule has 3 rings (SSSR count). The number of hydrogen-bond donors (Lipinski definition) is 1. The predicted molar refractivity (Wildman–Crippen MR) is 115 cm³/mol. The van der Waals surface area contributed by atoms with Crippen LogP contribution in [-0.4, -0.2) is 10.4 Å². The molecule has 0 spiro atoms. The van der Waals surface area contributed by atoms with Crippen molar-refractivity contribution in [2.45, 2.75) is 13.5 Å². The van der Waals surface area contributed by atoms with Gasteiger partial charge >= 0.3 is 0 Å². The van der Waals surface area contributed by atoms with Crippen molar-refractivity contribution in [3.8, 4) is 16.9 Å². The zero-order valence-corrected chi connectivity index (χ0v) is 17.6. The molecule has 0 saturated heterocycles. The van der Waals surface area contributed by atoms with Gasteiger partial charge in [0.05, 0.1) is 0 Å². The quantitative estimate of drug-likeness (QED) is 0.311. The van der Waals surface area contributed by atoms with Crippen molar-refractivity contribution < 1.29 is 22.7 Å². The Morgan fingerprint density at radius 3 is 2.52 bits per heavy atom. The summed E-state index contributed by atoms with van der Waals surface area (Å²) in [5.74, 6) is -2.21. The number of rotatable bonds is 7. The van der Waals surface area contributed by atoms with Gasteiger partial charge in [0.25, 0.3) is 0 Å². The fourth-order valence-corrected chi connectivity index (χ4v) is 2.99. The third-order valence-corrected chi connectivity index (χ3v) is 4.67. The number of nitrogens with one attached hydrogen (secondary N) is 1. The van der Waals surface area contributed by atoms with Crippen molar-refractivity contribution in [1.29, 1.82) is 0 Å². The third-order valence-electron chi connectivity index (χ3n) is 4.36. The largest absolute Gasteiger partial charge is 0.482 e. The van der Waals surface area contributed by atoms with Gasteiger partial charge in [0, 0.05) is 29.1 Å². The molecule has 0 unspecified atom stereocenters. The summed E-state index contributed by atoms with van der Waals surface area (Å²) in [4.78, 5) is 11.0. The lowest BCUT2D eigenvalue weighted by molar-refractivity contribution is -0.111. The number of anilines is 1. The lowest BCUT2D eigenvalue weighted by atomic mass is 9.99. The van der Waals surface area contributed by atoms with E-state index in [0.29, 0.717) is 5.56 Å². The molecule has 3 aromatic rings. The summed E-state index contributed by atoms with van der Waals surface area (Å²) in [6, 6.07) is 14.0. The Bertz CT molecular complexity index is 1060. The summed E-state index contributed by atoms with van der Waals surface area (Å²) in [7, 11) is 0. The first-order chi connectivity index (χ1) is 13.8. The van der Waals surface area contributed by atoms with Crippen LogP contribution < -0.4 is 10.1 Å². The number of aryl methyl sites for hydroxylation is 1. The van der Waals surface area contributed by atoms with Crippen molar-refractivity contribution in [2.24, 2.45) is 0 Å². The summed E-state index contributed by atoms with van der Waals surface area (Å²) in [5, 5.41) is 2.77. The molecule has 0 fully saturated rings. The number of hydrogen-bond acceptors (Lipinski definition) is 3. The highest BCUT2D eigenvalue weighted by molar-refractivity contribution is 14.1. The molecular weight excluding hydrogens is 494 g/mol. The second kappa shape index (κ2) is 9.30. The second-order valence-electron chi connectivity index (χ2n) is 6.38. The molecule has 29 heavy (non-hydrogen) atoms. The predicted octanol–water partition coefficient (Wildman–Crippen LogP) is 6.03. The SMILES string of the molecule is Cc1ccc(-c2cccc(F)c2)cc1CNc1c(F)ccc(OCC(=O)I)c1F. The van der Waals surface area contributed by atoms with Crippen LogP contribution in [0.2, 0.25) is 0 Å². The van der Waals surface area contributed by atoms with Gasteiger partial charge < -0.3 is 10.1 Å². The standard InChI is InChI=1S/C22H17F3INO2/c1-13-5-6-15(14-3-2-4-17(23)10-14)9-16(13)11-27-22-18(24)7-8-19(21(22)25)29-12-20(26)28/h2-10,27H,11-12H2,1H3. The summed E-state index contributed by atoms with van der Waals surface area (Å²) in [6.45, 7) is 1.72. The molecule has 0 aromatic heterocycles. The fraction of sp³-hybridized carbons (Fsp3) is 0.136. The van der Waals surface area contributed by atoms with Gasteiger partial charge in [-0.3, -0.25) is 4.79 Å². The Kier molecular flexibility index (Phi) is 6.79. The van der Waals surface area contributed by atoms with E-state index in [1.807, 2.05) is 25.1 Å². The maximum atomic E-state index is 14.6.